The third-order valence-corrected chi connectivity index (χ3v) is 5.05. The highest BCUT2D eigenvalue weighted by Crippen LogP contribution is 2.34. The zero-order chi connectivity index (χ0) is 20.2. The number of rotatable bonds is 5. The zero-order valence-corrected chi connectivity index (χ0v) is 16.6. The van der Waals surface area contributed by atoms with E-state index in [-0.39, 0.29) is 5.91 Å². The van der Waals surface area contributed by atoms with Gasteiger partial charge in [0.1, 0.15) is 11.5 Å². The molecule has 2 heterocycles. The molecule has 0 fully saturated rings. The third kappa shape index (κ3) is 4.11. The Balaban J connectivity index is 1.49. The van der Waals surface area contributed by atoms with Crippen LogP contribution >= 0.6 is 23.2 Å². The van der Waals surface area contributed by atoms with Crippen molar-refractivity contribution < 1.29 is 9.21 Å². The summed E-state index contributed by atoms with van der Waals surface area (Å²) < 4.78 is 7.60. The van der Waals surface area contributed by atoms with Crippen LogP contribution in [0, 0.1) is 0 Å². The number of hydrogen-bond acceptors (Lipinski definition) is 3. The van der Waals surface area contributed by atoms with Crippen LogP contribution in [0.4, 0.5) is 0 Å². The van der Waals surface area contributed by atoms with Gasteiger partial charge < -0.3 is 8.98 Å². The van der Waals surface area contributed by atoms with Crippen LogP contribution in [0.25, 0.3) is 17.0 Å². The lowest BCUT2D eigenvalue weighted by Crippen LogP contribution is -2.19. The van der Waals surface area contributed by atoms with Crippen LogP contribution in [0.15, 0.2) is 88.6 Å². The van der Waals surface area contributed by atoms with E-state index in [1.54, 1.807) is 36.4 Å². The highest BCUT2D eigenvalue weighted by atomic mass is 35.5. The van der Waals surface area contributed by atoms with Crippen molar-refractivity contribution in [1.29, 1.82) is 0 Å². The zero-order valence-electron chi connectivity index (χ0n) is 15.0. The van der Waals surface area contributed by atoms with Gasteiger partial charge in [-0.15, -0.1) is 0 Å². The molecule has 1 N–H and O–H groups in total. The van der Waals surface area contributed by atoms with Crippen LogP contribution in [0.3, 0.4) is 0 Å². The number of hydrogen-bond donors (Lipinski definition) is 1. The molecule has 0 aliphatic carbocycles. The second-order valence-corrected chi connectivity index (χ2v) is 6.90. The van der Waals surface area contributed by atoms with Crippen molar-refractivity contribution in [2.75, 3.05) is 0 Å². The Labute approximate surface area is 177 Å². The molecule has 144 valence electrons. The monoisotopic (exact) mass is 423 g/mol. The fourth-order valence-corrected chi connectivity index (χ4v) is 3.26. The maximum atomic E-state index is 12.6. The van der Waals surface area contributed by atoms with Crippen LogP contribution in [-0.2, 0) is 0 Å². The predicted octanol–water partition coefficient (Wildman–Crippen LogP) is 5.81. The first kappa shape index (κ1) is 19.1. The van der Waals surface area contributed by atoms with E-state index < -0.39 is 0 Å². The summed E-state index contributed by atoms with van der Waals surface area (Å²) in [6.45, 7) is 0. The molecular weight excluding hydrogens is 409 g/mol. The maximum absolute atomic E-state index is 12.6. The second-order valence-electron chi connectivity index (χ2n) is 6.11. The van der Waals surface area contributed by atoms with Gasteiger partial charge >= 0.3 is 0 Å². The van der Waals surface area contributed by atoms with Gasteiger partial charge in [-0.3, -0.25) is 4.79 Å². The Kier molecular flexibility index (Phi) is 5.51. The van der Waals surface area contributed by atoms with E-state index in [4.69, 9.17) is 27.6 Å². The molecule has 0 bridgehead atoms. The molecule has 0 saturated heterocycles. The Morgan fingerprint density at radius 2 is 1.76 bits per heavy atom. The van der Waals surface area contributed by atoms with Gasteiger partial charge in [0.15, 0.2) is 0 Å². The Morgan fingerprint density at radius 3 is 2.59 bits per heavy atom. The third-order valence-electron chi connectivity index (χ3n) is 4.23. The molecule has 5 nitrogen and oxygen atoms in total. The smallest absolute Gasteiger partial charge is 0.273 e. The van der Waals surface area contributed by atoms with Crippen molar-refractivity contribution in [3.05, 3.63) is 100 Å². The van der Waals surface area contributed by atoms with Gasteiger partial charge in [0.2, 0.25) is 0 Å². The first-order valence-electron chi connectivity index (χ1n) is 8.73. The van der Waals surface area contributed by atoms with Crippen LogP contribution in [-0.4, -0.2) is 16.7 Å². The molecule has 7 heteroatoms. The van der Waals surface area contributed by atoms with Crippen molar-refractivity contribution in [2.45, 2.75) is 0 Å². The summed E-state index contributed by atoms with van der Waals surface area (Å²) in [7, 11) is 0. The number of carbonyl (C=O) groups is 1. The van der Waals surface area contributed by atoms with Crippen molar-refractivity contribution in [3.63, 3.8) is 0 Å². The minimum absolute atomic E-state index is 0.324. The lowest BCUT2D eigenvalue weighted by molar-refractivity contribution is 0.0955. The van der Waals surface area contributed by atoms with E-state index in [0.717, 1.165) is 5.69 Å². The number of nitrogens with zero attached hydrogens (tertiary/aromatic N) is 2. The van der Waals surface area contributed by atoms with Crippen LogP contribution in [0.2, 0.25) is 10.0 Å². The number of para-hydroxylation sites is 1. The summed E-state index contributed by atoms with van der Waals surface area (Å²) in [4.78, 5) is 12.6. The topological polar surface area (TPSA) is 59.5 Å². The predicted molar refractivity (Wildman–Crippen MR) is 115 cm³/mol. The van der Waals surface area contributed by atoms with E-state index in [0.29, 0.717) is 32.7 Å². The number of amides is 1. The largest absolute Gasteiger partial charge is 0.455 e. The lowest BCUT2D eigenvalue weighted by Gasteiger charge is -2.08. The summed E-state index contributed by atoms with van der Waals surface area (Å²) in [5, 5.41) is 4.87. The molecule has 0 aliphatic heterocycles. The number of benzene rings is 2. The summed E-state index contributed by atoms with van der Waals surface area (Å²) in [5.74, 6) is 0.702. The Bertz CT molecular complexity index is 1180. The minimum Gasteiger partial charge on any atom is -0.455 e. The number of aromatic nitrogens is 1. The van der Waals surface area contributed by atoms with Gasteiger partial charge in [-0.2, -0.15) is 5.10 Å². The van der Waals surface area contributed by atoms with Gasteiger partial charge in [-0.25, -0.2) is 5.43 Å². The lowest BCUT2D eigenvalue weighted by atomic mass is 10.1. The molecule has 0 aliphatic rings. The van der Waals surface area contributed by atoms with Gasteiger partial charge in [0.25, 0.3) is 5.91 Å². The van der Waals surface area contributed by atoms with E-state index in [9.17, 15) is 4.79 Å². The van der Waals surface area contributed by atoms with Gasteiger partial charge in [0.05, 0.1) is 27.5 Å². The average molecular weight is 424 g/mol. The number of furan rings is 1. The van der Waals surface area contributed by atoms with E-state index >= 15 is 0 Å². The molecule has 1 amide bonds. The first-order chi connectivity index (χ1) is 14.1. The van der Waals surface area contributed by atoms with Crippen molar-refractivity contribution in [1.82, 2.24) is 9.99 Å². The first-order valence-corrected chi connectivity index (χ1v) is 9.49. The standard InChI is InChI=1S/C22H15Cl2N3O2/c23-18-8-5-7-17(21(18)24)20-11-10-15(29-20)14-25-26-22(28)16-6-1-2-9-19(16)27-12-3-4-13-27/h1-14H,(H,26,28). The summed E-state index contributed by atoms with van der Waals surface area (Å²) in [6, 6.07) is 19.9. The number of nitrogens with one attached hydrogen (secondary N) is 1. The molecule has 0 spiro atoms. The fraction of sp³-hybridized carbons (Fsp3) is 0. The highest BCUT2D eigenvalue weighted by molar-refractivity contribution is 6.43. The summed E-state index contributed by atoms with van der Waals surface area (Å²) in [5.41, 5.74) is 4.48. The molecule has 0 radical (unpaired) electrons. The van der Waals surface area contributed by atoms with Crippen molar-refractivity contribution >= 4 is 35.3 Å². The second kappa shape index (κ2) is 8.39. The Morgan fingerprint density at radius 1 is 0.966 bits per heavy atom. The molecule has 4 rings (SSSR count). The maximum Gasteiger partial charge on any atom is 0.273 e. The quantitative estimate of drug-likeness (QED) is 0.325. The average Bonchev–Trinajstić information content (AvgIpc) is 3.42. The SMILES string of the molecule is O=C(NN=Cc1ccc(-c2cccc(Cl)c2Cl)o1)c1ccccc1-n1cccc1. The van der Waals surface area contributed by atoms with Crippen molar-refractivity contribution in [3.8, 4) is 17.0 Å². The van der Waals surface area contributed by atoms with Crippen LogP contribution in [0.5, 0.6) is 0 Å². The molecule has 2 aromatic carbocycles. The number of hydrazone groups is 1. The van der Waals surface area contributed by atoms with E-state index in [2.05, 4.69) is 10.5 Å². The molecule has 2 aromatic heterocycles. The van der Waals surface area contributed by atoms with Crippen LogP contribution in [0.1, 0.15) is 16.1 Å². The molecular formula is C22H15Cl2N3O2. The van der Waals surface area contributed by atoms with Crippen molar-refractivity contribution in [2.24, 2.45) is 5.10 Å². The molecule has 0 atom stereocenters. The van der Waals surface area contributed by atoms with E-state index in [1.165, 1.54) is 6.21 Å². The van der Waals surface area contributed by atoms with Gasteiger partial charge in [-0.05, 0) is 48.5 Å². The number of carbonyl (C=O) groups excluding carboxylic acids is 1. The molecule has 29 heavy (non-hydrogen) atoms. The minimum atomic E-state index is -0.324. The van der Waals surface area contributed by atoms with E-state index in [1.807, 2.05) is 47.3 Å². The highest BCUT2D eigenvalue weighted by Gasteiger charge is 2.12. The summed E-state index contributed by atoms with van der Waals surface area (Å²) >= 11 is 12.3. The molecule has 0 saturated carbocycles. The molecule has 4 aromatic rings. The summed E-state index contributed by atoms with van der Waals surface area (Å²) in [6.07, 6.45) is 5.18. The van der Waals surface area contributed by atoms with Gasteiger partial charge in [-0.1, -0.05) is 41.4 Å². The van der Waals surface area contributed by atoms with Gasteiger partial charge in [0, 0.05) is 18.0 Å². The fourth-order valence-electron chi connectivity index (χ4n) is 2.86. The molecule has 0 unspecified atom stereocenters. The Hall–Kier alpha value is -3.28. The van der Waals surface area contributed by atoms with Crippen LogP contribution < -0.4 is 5.43 Å². The number of halogens is 2. The normalized spacial score (nSPS) is 11.1.